The molecule has 0 radical (unpaired) electrons. The SMILES string of the molecule is COc1cc(/C=C2\N=C(c3ccc(I)c(C)c3)OC2=O)ccc1OCc1ccccc1F. The monoisotopic (exact) mass is 543 g/mol. The number of carbonyl (C=O) groups excluding carboxylic acids is 1. The zero-order chi connectivity index (χ0) is 22.7. The van der Waals surface area contributed by atoms with Crippen molar-refractivity contribution in [3.05, 3.63) is 98.0 Å². The molecule has 0 bridgehead atoms. The number of hydrogen-bond donors (Lipinski definition) is 0. The largest absolute Gasteiger partial charge is 0.493 e. The highest BCUT2D eigenvalue weighted by atomic mass is 127. The smallest absolute Gasteiger partial charge is 0.363 e. The number of esters is 1. The molecule has 0 saturated carbocycles. The lowest BCUT2D eigenvalue weighted by Gasteiger charge is -2.12. The van der Waals surface area contributed by atoms with Crippen molar-refractivity contribution in [2.24, 2.45) is 4.99 Å². The molecule has 4 rings (SSSR count). The van der Waals surface area contributed by atoms with Crippen LogP contribution in [-0.2, 0) is 16.1 Å². The second-order valence-corrected chi connectivity index (χ2v) is 8.25. The van der Waals surface area contributed by atoms with E-state index < -0.39 is 5.97 Å². The fraction of sp³-hybridized carbons (Fsp3) is 0.120. The number of ether oxygens (including phenoxy) is 3. The molecule has 1 heterocycles. The molecular formula is C25H19FINO4. The normalized spacial score (nSPS) is 14.3. The summed E-state index contributed by atoms with van der Waals surface area (Å²) in [6.07, 6.45) is 1.62. The molecule has 5 nitrogen and oxygen atoms in total. The van der Waals surface area contributed by atoms with Crippen molar-refractivity contribution in [1.82, 2.24) is 0 Å². The molecule has 0 N–H and O–H groups in total. The predicted octanol–water partition coefficient (Wildman–Crippen LogP) is 5.67. The Morgan fingerprint density at radius 1 is 1.09 bits per heavy atom. The van der Waals surface area contributed by atoms with E-state index in [9.17, 15) is 9.18 Å². The second-order valence-electron chi connectivity index (χ2n) is 7.09. The van der Waals surface area contributed by atoms with Crippen LogP contribution in [-0.4, -0.2) is 19.0 Å². The Bertz CT molecular complexity index is 1250. The minimum atomic E-state index is -0.518. The van der Waals surface area contributed by atoms with Crippen molar-refractivity contribution in [3.8, 4) is 11.5 Å². The van der Waals surface area contributed by atoms with Crippen LogP contribution in [0.4, 0.5) is 4.39 Å². The van der Waals surface area contributed by atoms with E-state index in [0.717, 1.165) is 14.7 Å². The van der Waals surface area contributed by atoms with Crippen LogP contribution in [0.1, 0.15) is 22.3 Å². The van der Waals surface area contributed by atoms with Gasteiger partial charge in [-0.2, -0.15) is 0 Å². The molecular weight excluding hydrogens is 524 g/mol. The van der Waals surface area contributed by atoms with Crippen molar-refractivity contribution in [2.45, 2.75) is 13.5 Å². The molecule has 1 aliphatic rings. The van der Waals surface area contributed by atoms with Gasteiger partial charge in [-0.3, -0.25) is 0 Å². The van der Waals surface area contributed by atoms with Crippen LogP contribution in [0.3, 0.4) is 0 Å². The van der Waals surface area contributed by atoms with Gasteiger partial charge in [0, 0.05) is 14.7 Å². The molecule has 0 fully saturated rings. The average Bonchev–Trinajstić information content (AvgIpc) is 3.15. The Labute approximate surface area is 198 Å². The third-order valence-electron chi connectivity index (χ3n) is 4.86. The minimum absolute atomic E-state index is 0.0683. The fourth-order valence-corrected chi connectivity index (χ4v) is 3.47. The number of aryl methyl sites for hydroxylation is 1. The van der Waals surface area contributed by atoms with Crippen LogP contribution in [0.25, 0.3) is 6.08 Å². The maximum absolute atomic E-state index is 13.8. The van der Waals surface area contributed by atoms with Crippen molar-refractivity contribution in [3.63, 3.8) is 0 Å². The number of cyclic esters (lactones) is 1. The highest BCUT2D eigenvalue weighted by Crippen LogP contribution is 2.31. The van der Waals surface area contributed by atoms with Gasteiger partial charge in [0.05, 0.1) is 7.11 Å². The summed E-state index contributed by atoms with van der Waals surface area (Å²) < 4.78 is 31.4. The topological polar surface area (TPSA) is 57.1 Å². The predicted molar refractivity (Wildman–Crippen MR) is 128 cm³/mol. The van der Waals surface area contributed by atoms with Crippen molar-refractivity contribution in [2.75, 3.05) is 7.11 Å². The highest BCUT2D eigenvalue weighted by molar-refractivity contribution is 14.1. The number of rotatable bonds is 6. The Balaban J connectivity index is 1.55. The maximum Gasteiger partial charge on any atom is 0.363 e. The van der Waals surface area contributed by atoms with E-state index in [1.807, 2.05) is 25.1 Å². The zero-order valence-corrected chi connectivity index (χ0v) is 19.6. The van der Waals surface area contributed by atoms with Gasteiger partial charge in [-0.05, 0) is 83.1 Å². The Morgan fingerprint density at radius 2 is 1.91 bits per heavy atom. The van der Waals surface area contributed by atoms with E-state index in [4.69, 9.17) is 14.2 Å². The summed E-state index contributed by atoms with van der Waals surface area (Å²) in [4.78, 5) is 16.7. The van der Waals surface area contributed by atoms with Gasteiger partial charge in [0.15, 0.2) is 17.2 Å². The number of benzene rings is 3. The average molecular weight is 543 g/mol. The summed E-state index contributed by atoms with van der Waals surface area (Å²) in [6, 6.07) is 17.4. The van der Waals surface area contributed by atoms with Crippen molar-refractivity contribution < 1.29 is 23.4 Å². The summed E-state index contributed by atoms with van der Waals surface area (Å²) in [5.41, 5.74) is 3.15. The van der Waals surface area contributed by atoms with Gasteiger partial charge >= 0.3 is 5.97 Å². The molecule has 0 aliphatic carbocycles. The number of methoxy groups -OCH3 is 1. The minimum Gasteiger partial charge on any atom is -0.493 e. The molecule has 3 aromatic rings. The third kappa shape index (κ3) is 4.83. The van der Waals surface area contributed by atoms with Gasteiger partial charge in [0.1, 0.15) is 12.4 Å². The standard InChI is InChI=1S/C25H19FINO4/c1-15-11-17(8-9-20(15)27)24-28-21(25(29)32-24)12-16-7-10-22(23(13-16)30-2)31-14-18-5-3-4-6-19(18)26/h3-13H,14H2,1-2H3/b21-12-. The summed E-state index contributed by atoms with van der Waals surface area (Å²) in [6.45, 7) is 2.06. The second kappa shape index (κ2) is 9.52. The zero-order valence-electron chi connectivity index (χ0n) is 17.4. The molecule has 32 heavy (non-hydrogen) atoms. The van der Waals surface area contributed by atoms with Crippen LogP contribution in [0.2, 0.25) is 0 Å². The lowest BCUT2D eigenvalue weighted by Crippen LogP contribution is -2.05. The Hall–Kier alpha value is -3.20. The van der Waals surface area contributed by atoms with Crippen LogP contribution in [0.5, 0.6) is 11.5 Å². The summed E-state index contributed by atoms with van der Waals surface area (Å²) in [7, 11) is 1.52. The van der Waals surface area contributed by atoms with E-state index >= 15 is 0 Å². The summed E-state index contributed by atoms with van der Waals surface area (Å²) in [5.74, 6) is 0.349. The number of carbonyl (C=O) groups is 1. The number of nitrogens with zero attached hydrogens (tertiary/aromatic N) is 1. The first-order chi connectivity index (χ1) is 15.4. The molecule has 0 saturated heterocycles. The number of aliphatic imine (C=N–C) groups is 1. The van der Waals surface area contributed by atoms with E-state index in [0.29, 0.717) is 22.6 Å². The molecule has 0 atom stereocenters. The fourth-order valence-electron chi connectivity index (χ4n) is 3.13. The van der Waals surface area contributed by atoms with Crippen LogP contribution < -0.4 is 9.47 Å². The van der Waals surface area contributed by atoms with E-state index in [1.54, 1.807) is 42.5 Å². The van der Waals surface area contributed by atoms with Crippen molar-refractivity contribution >= 4 is 40.5 Å². The summed E-state index contributed by atoms with van der Waals surface area (Å²) in [5, 5.41) is 0. The van der Waals surface area contributed by atoms with E-state index in [-0.39, 0.29) is 24.0 Å². The van der Waals surface area contributed by atoms with Gasteiger partial charge in [-0.15, -0.1) is 0 Å². The molecule has 0 unspecified atom stereocenters. The molecule has 0 amide bonds. The molecule has 0 spiro atoms. The molecule has 162 valence electrons. The van der Waals surface area contributed by atoms with Crippen molar-refractivity contribution in [1.29, 1.82) is 0 Å². The number of halogens is 2. The molecule has 0 aromatic heterocycles. The van der Waals surface area contributed by atoms with Crippen LogP contribution >= 0.6 is 22.6 Å². The maximum atomic E-state index is 13.8. The Kier molecular flexibility index (Phi) is 6.55. The lowest BCUT2D eigenvalue weighted by atomic mass is 10.1. The number of hydrogen-bond acceptors (Lipinski definition) is 5. The molecule has 1 aliphatic heterocycles. The van der Waals surface area contributed by atoms with Crippen LogP contribution in [0.15, 0.2) is 71.4 Å². The van der Waals surface area contributed by atoms with Gasteiger partial charge in [-0.1, -0.05) is 24.3 Å². The Morgan fingerprint density at radius 3 is 2.66 bits per heavy atom. The van der Waals surface area contributed by atoms with Gasteiger partial charge < -0.3 is 14.2 Å². The van der Waals surface area contributed by atoms with E-state index in [2.05, 4.69) is 27.6 Å². The highest BCUT2D eigenvalue weighted by Gasteiger charge is 2.24. The first kappa shape index (κ1) is 22.0. The molecule has 3 aromatic carbocycles. The van der Waals surface area contributed by atoms with Gasteiger partial charge in [0.25, 0.3) is 0 Å². The quantitative estimate of drug-likeness (QED) is 0.229. The first-order valence-electron chi connectivity index (χ1n) is 9.78. The van der Waals surface area contributed by atoms with Crippen LogP contribution in [0, 0.1) is 16.3 Å². The van der Waals surface area contributed by atoms with Gasteiger partial charge in [-0.25, -0.2) is 14.2 Å². The lowest BCUT2D eigenvalue weighted by molar-refractivity contribution is -0.129. The molecule has 7 heteroatoms. The van der Waals surface area contributed by atoms with Gasteiger partial charge in [0.2, 0.25) is 5.90 Å². The third-order valence-corrected chi connectivity index (χ3v) is 6.07. The first-order valence-corrected chi connectivity index (χ1v) is 10.9. The summed E-state index contributed by atoms with van der Waals surface area (Å²) >= 11 is 2.25. The van der Waals surface area contributed by atoms with E-state index in [1.165, 1.54) is 13.2 Å².